The molecule has 0 fully saturated rings. The Balaban J connectivity index is 1.55. The summed E-state index contributed by atoms with van der Waals surface area (Å²) in [6.07, 6.45) is 0.549. The summed E-state index contributed by atoms with van der Waals surface area (Å²) >= 11 is 3.43. The van der Waals surface area contributed by atoms with Crippen LogP contribution < -0.4 is 15.2 Å². The minimum atomic E-state index is -0.158. The van der Waals surface area contributed by atoms with Crippen molar-refractivity contribution in [3.63, 3.8) is 0 Å². The third-order valence-electron chi connectivity index (χ3n) is 5.65. The average molecular weight is 586 g/mol. The van der Waals surface area contributed by atoms with Crippen molar-refractivity contribution in [3.05, 3.63) is 99.8 Å². The van der Waals surface area contributed by atoms with Crippen LogP contribution in [0.4, 0.5) is 0 Å². The van der Waals surface area contributed by atoms with Crippen LogP contribution in [-0.2, 0) is 6.42 Å². The normalized spacial score (nSPS) is 10.8. The molecule has 0 aliphatic heterocycles. The summed E-state index contributed by atoms with van der Waals surface area (Å²) in [5.41, 5.74) is 8.54. The number of hydrogen-bond donors (Lipinski definition) is 3. The predicted octanol–water partition coefficient (Wildman–Crippen LogP) is 5.28. The fourth-order valence-corrected chi connectivity index (χ4v) is 4.31. The van der Waals surface area contributed by atoms with E-state index >= 15 is 0 Å². The van der Waals surface area contributed by atoms with Gasteiger partial charge in [0, 0.05) is 36.1 Å². The topological polar surface area (TPSA) is 143 Å². The molecule has 4 N–H and O–H groups in total. The van der Waals surface area contributed by atoms with Gasteiger partial charge in [-0.1, -0.05) is 52.3 Å². The lowest BCUT2D eigenvalue weighted by Gasteiger charge is -2.12. The van der Waals surface area contributed by atoms with Crippen LogP contribution in [0.2, 0.25) is 0 Å². The molecule has 0 aliphatic rings. The molecular formula is C28H24BrN7O3. The Morgan fingerprint density at radius 1 is 0.949 bits per heavy atom. The summed E-state index contributed by atoms with van der Waals surface area (Å²) in [5.74, 6) is 1.37. The van der Waals surface area contributed by atoms with Crippen molar-refractivity contribution in [2.24, 2.45) is 5.73 Å². The van der Waals surface area contributed by atoms with Crippen molar-refractivity contribution < 1.29 is 14.3 Å². The highest BCUT2D eigenvalue weighted by atomic mass is 79.9. The van der Waals surface area contributed by atoms with Gasteiger partial charge in [-0.2, -0.15) is 9.97 Å². The molecule has 5 aromatic rings. The average Bonchev–Trinajstić information content (AvgIpc) is 3.31. The van der Waals surface area contributed by atoms with E-state index in [4.69, 9.17) is 20.6 Å². The van der Waals surface area contributed by atoms with Gasteiger partial charge in [0.25, 0.3) is 11.8 Å². The van der Waals surface area contributed by atoms with Gasteiger partial charge in [-0.05, 0) is 42.0 Å². The molecule has 0 saturated heterocycles. The number of rotatable bonds is 8. The number of aromatic nitrogens is 4. The molecule has 0 saturated carbocycles. The van der Waals surface area contributed by atoms with Crippen molar-refractivity contribution in [3.8, 4) is 23.4 Å². The van der Waals surface area contributed by atoms with E-state index in [-0.39, 0.29) is 23.6 Å². The predicted molar refractivity (Wildman–Crippen MR) is 151 cm³/mol. The number of fused-ring (bicyclic) bond motifs is 1. The second-order valence-electron chi connectivity index (χ2n) is 8.88. The van der Waals surface area contributed by atoms with Gasteiger partial charge in [-0.25, -0.2) is 4.98 Å². The first-order valence-electron chi connectivity index (χ1n) is 11.9. The lowest BCUT2D eigenvalue weighted by atomic mass is 10.1. The number of nitrogen functional groups attached to an aromatic ring is 1. The smallest absolute Gasteiger partial charge is 0.327 e. The number of hydrogen-bond acceptors (Lipinski definition) is 7. The summed E-state index contributed by atoms with van der Waals surface area (Å²) in [6.45, 7) is 0. The zero-order valence-electron chi connectivity index (χ0n) is 21.1. The maximum Gasteiger partial charge on any atom is 0.327 e. The molecule has 0 aliphatic carbocycles. The lowest BCUT2D eigenvalue weighted by Crippen LogP contribution is -2.21. The van der Waals surface area contributed by atoms with Gasteiger partial charge >= 0.3 is 6.01 Å². The molecule has 1 amide bonds. The number of amidine groups is 1. The van der Waals surface area contributed by atoms with Crippen LogP contribution in [0, 0.1) is 5.41 Å². The maximum absolute atomic E-state index is 12.4. The summed E-state index contributed by atoms with van der Waals surface area (Å²) in [4.78, 5) is 30.8. The maximum atomic E-state index is 12.4. The van der Waals surface area contributed by atoms with Gasteiger partial charge in [-0.15, -0.1) is 0 Å². The van der Waals surface area contributed by atoms with E-state index in [9.17, 15) is 4.79 Å². The van der Waals surface area contributed by atoms with Crippen molar-refractivity contribution in [2.45, 2.75) is 6.42 Å². The number of imidazole rings is 1. The van der Waals surface area contributed by atoms with Gasteiger partial charge < -0.3 is 25.1 Å². The standard InChI is InChI=1S/C28H24BrN7O3/c1-36(2)27(37)17-9-6-10-20(13-17)39-28-34-25-23(32-22(33-25)11-16-7-4-3-5-8-16)26(35-28)38-21-14-18(24(30)31)12-19(29)15-21/h3-10,12-15H,11H2,1-2H3,(H3,30,31)(H,32,33,34,35). The van der Waals surface area contributed by atoms with Crippen LogP contribution in [0.1, 0.15) is 27.3 Å². The number of H-pyrrole nitrogens is 1. The number of nitrogens with two attached hydrogens (primary N) is 1. The number of ether oxygens (including phenoxy) is 2. The quantitative estimate of drug-likeness (QED) is 0.166. The minimum Gasteiger partial charge on any atom is -0.437 e. The van der Waals surface area contributed by atoms with Crippen molar-refractivity contribution >= 4 is 38.8 Å². The van der Waals surface area contributed by atoms with Crippen molar-refractivity contribution in [1.82, 2.24) is 24.8 Å². The second-order valence-corrected chi connectivity index (χ2v) is 9.79. The SMILES string of the molecule is CN(C)C(=O)c1cccc(Oc2nc(Oc3cc(Br)cc(C(=N)N)c3)c3[nH]c(Cc4ccccc4)nc3n2)c1. The molecule has 2 heterocycles. The van der Waals surface area contributed by atoms with Crippen LogP contribution in [0.3, 0.4) is 0 Å². The summed E-state index contributed by atoms with van der Waals surface area (Å²) < 4.78 is 12.8. The van der Waals surface area contributed by atoms with E-state index in [2.05, 4.69) is 35.9 Å². The number of carbonyl (C=O) groups excluding carboxylic acids is 1. The zero-order chi connectivity index (χ0) is 27.5. The molecular weight excluding hydrogens is 562 g/mol. The first kappa shape index (κ1) is 25.9. The fraction of sp³-hybridized carbons (Fsp3) is 0.107. The molecule has 39 heavy (non-hydrogen) atoms. The monoisotopic (exact) mass is 585 g/mol. The largest absolute Gasteiger partial charge is 0.437 e. The highest BCUT2D eigenvalue weighted by molar-refractivity contribution is 9.10. The van der Waals surface area contributed by atoms with Crippen LogP contribution in [0.25, 0.3) is 11.2 Å². The summed E-state index contributed by atoms with van der Waals surface area (Å²) in [5, 5.41) is 7.80. The van der Waals surface area contributed by atoms with Crippen LogP contribution in [-0.4, -0.2) is 50.7 Å². The minimum absolute atomic E-state index is 0.00787. The van der Waals surface area contributed by atoms with E-state index in [1.807, 2.05) is 30.3 Å². The number of nitrogens with one attached hydrogen (secondary N) is 2. The highest BCUT2D eigenvalue weighted by Gasteiger charge is 2.18. The van der Waals surface area contributed by atoms with E-state index < -0.39 is 0 Å². The molecule has 0 unspecified atom stereocenters. The van der Waals surface area contributed by atoms with Gasteiger partial charge in [0.1, 0.15) is 28.7 Å². The molecule has 2 aromatic heterocycles. The fourth-order valence-electron chi connectivity index (χ4n) is 3.84. The Kier molecular flexibility index (Phi) is 7.24. The van der Waals surface area contributed by atoms with E-state index in [0.717, 1.165) is 5.56 Å². The van der Waals surface area contributed by atoms with E-state index in [1.165, 1.54) is 4.90 Å². The lowest BCUT2D eigenvalue weighted by molar-refractivity contribution is 0.0827. The van der Waals surface area contributed by atoms with Gasteiger partial charge in [0.05, 0.1) is 0 Å². The summed E-state index contributed by atoms with van der Waals surface area (Å²) in [7, 11) is 3.36. The molecule has 0 bridgehead atoms. The van der Waals surface area contributed by atoms with Gasteiger partial charge in [-0.3, -0.25) is 10.2 Å². The zero-order valence-corrected chi connectivity index (χ0v) is 22.7. The second kappa shape index (κ2) is 10.9. The van der Waals surface area contributed by atoms with E-state index in [0.29, 0.717) is 50.5 Å². The molecule has 0 spiro atoms. The first-order chi connectivity index (χ1) is 18.7. The Bertz CT molecular complexity index is 1690. The van der Waals surface area contributed by atoms with Gasteiger partial charge in [0.2, 0.25) is 0 Å². The molecule has 5 rings (SSSR count). The molecule has 0 radical (unpaired) electrons. The Labute approximate surface area is 232 Å². The van der Waals surface area contributed by atoms with Gasteiger partial charge in [0.15, 0.2) is 5.65 Å². The van der Waals surface area contributed by atoms with Crippen molar-refractivity contribution in [2.75, 3.05) is 14.1 Å². The number of benzene rings is 3. The molecule has 10 nitrogen and oxygen atoms in total. The summed E-state index contributed by atoms with van der Waals surface area (Å²) in [6, 6.07) is 21.7. The number of halogens is 1. The van der Waals surface area contributed by atoms with Crippen molar-refractivity contribution in [1.29, 1.82) is 5.41 Å². The van der Waals surface area contributed by atoms with Crippen LogP contribution >= 0.6 is 15.9 Å². The number of aromatic amines is 1. The Morgan fingerprint density at radius 3 is 2.46 bits per heavy atom. The molecule has 3 aromatic carbocycles. The Hall–Kier alpha value is -4.77. The van der Waals surface area contributed by atoms with Crippen LogP contribution in [0.15, 0.2) is 77.3 Å². The first-order valence-corrected chi connectivity index (χ1v) is 12.7. The molecule has 196 valence electrons. The molecule has 11 heteroatoms. The number of nitrogens with zero attached hydrogens (tertiary/aromatic N) is 4. The number of carbonyl (C=O) groups is 1. The van der Waals surface area contributed by atoms with Crippen LogP contribution in [0.5, 0.6) is 23.4 Å². The number of amides is 1. The van der Waals surface area contributed by atoms with E-state index in [1.54, 1.807) is 56.6 Å². The Morgan fingerprint density at radius 2 is 1.72 bits per heavy atom. The third kappa shape index (κ3) is 6.04. The molecule has 0 atom stereocenters. The highest BCUT2D eigenvalue weighted by Crippen LogP contribution is 2.32. The third-order valence-corrected chi connectivity index (χ3v) is 6.11.